The van der Waals surface area contributed by atoms with Gasteiger partial charge >= 0.3 is 0 Å². The highest BCUT2D eigenvalue weighted by Crippen LogP contribution is 2.23. The number of non-ortho nitro benzene ring substituents is 1. The van der Waals surface area contributed by atoms with Crippen LogP contribution < -0.4 is 10.6 Å². The molecule has 1 unspecified atom stereocenters. The third-order valence-electron chi connectivity index (χ3n) is 3.23. The molecule has 2 rings (SSSR count). The number of nitro groups is 1. The fourth-order valence-electron chi connectivity index (χ4n) is 2.13. The number of aryl methyl sites for hydroxylation is 1. The van der Waals surface area contributed by atoms with Gasteiger partial charge in [-0.05, 0) is 12.5 Å². The van der Waals surface area contributed by atoms with Crippen LogP contribution in [-0.4, -0.2) is 37.3 Å². The molecule has 98 valence electrons. The van der Waals surface area contributed by atoms with Crippen molar-refractivity contribution in [1.82, 2.24) is 5.32 Å². The normalized spacial score (nSPS) is 23.0. The van der Waals surface area contributed by atoms with Crippen LogP contribution in [0.15, 0.2) is 18.2 Å². The molecule has 1 aromatic rings. The molecule has 6 nitrogen and oxygen atoms in total. The lowest BCUT2D eigenvalue weighted by atomic mass is 10.1. The van der Waals surface area contributed by atoms with Crippen LogP contribution in [0.5, 0.6) is 0 Å². The van der Waals surface area contributed by atoms with Crippen molar-refractivity contribution in [3.63, 3.8) is 0 Å². The lowest BCUT2D eigenvalue weighted by Crippen LogP contribution is -2.33. The highest BCUT2D eigenvalue weighted by Gasteiger charge is 2.27. The molecule has 0 spiro atoms. The van der Waals surface area contributed by atoms with Gasteiger partial charge in [-0.2, -0.15) is 0 Å². The van der Waals surface area contributed by atoms with Gasteiger partial charge in [-0.25, -0.2) is 0 Å². The van der Waals surface area contributed by atoms with E-state index in [9.17, 15) is 10.1 Å². The molecular formula is C12H17N3O3. The molecule has 6 heteroatoms. The van der Waals surface area contributed by atoms with Gasteiger partial charge in [0, 0.05) is 38.0 Å². The Kier molecular flexibility index (Phi) is 3.78. The second kappa shape index (κ2) is 5.32. The Morgan fingerprint density at radius 3 is 2.94 bits per heavy atom. The molecule has 1 saturated heterocycles. The molecule has 0 amide bonds. The first-order chi connectivity index (χ1) is 8.61. The summed E-state index contributed by atoms with van der Waals surface area (Å²) in [4.78, 5) is 10.4. The quantitative estimate of drug-likeness (QED) is 0.623. The van der Waals surface area contributed by atoms with Gasteiger partial charge in [-0.1, -0.05) is 6.07 Å². The number of nitrogens with zero attached hydrogens (tertiary/aromatic N) is 1. The summed E-state index contributed by atoms with van der Waals surface area (Å²) >= 11 is 0. The summed E-state index contributed by atoms with van der Waals surface area (Å²) in [6.07, 6.45) is 0.0867. The number of anilines is 1. The van der Waals surface area contributed by atoms with E-state index in [-0.39, 0.29) is 22.8 Å². The van der Waals surface area contributed by atoms with E-state index in [1.165, 1.54) is 6.07 Å². The number of hydrogen-bond donors (Lipinski definition) is 2. The summed E-state index contributed by atoms with van der Waals surface area (Å²) in [6, 6.07) is 4.97. The molecule has 0 radical (unpaired) electrons. The maximum Gasteiger partial charge on any atom is 0.271 e. The van der Waals surface area contributed by atoms with E-state index in [0.29, 0.717) is 0 Å². The van der Waals surface area contributed by atoms with E-state index in [1.807, 2.05) is 6.92 Å². The number of nitrogens with one attached hydrogen (secondary N) is 2. The predicted octanol–water partition coefficient (Wildman–Crippen LogP) is 1.30. The third kappa shape index (κ3) is 2.60. The Labute approximate surface area is 105 Å². The van der Waals surface area contributed by atoms with Gasteiger partial charge in [0.05, 0.1) is 17.1 Å². The number of benzene rings is 1. The zero-order valence-corrected chi connectivity index (χ0v) is 10.5. The summed E-state index contributed by atoms with van der Waals surface area (Å²) in [5.41, 5.74) is 1.88. The minimum absolute atomic E-state index is 0.0867. The minimum Gasteiger partial charge on any atom is -0.378 e. The summed E-state index contributed by atoms with van der Waals surface area (Å²) in [5.74, 6) is 0. The van der Waals surface area contributed by atoms with Gasteiger partial charge in [-0.3, -0.25) is 10.1 Å². The number of hydrogen-bond acceptors (Lipinski definition) is 5. The minimum atomic E-state index is -0.384. The molecule has 0 saturated carbocycles. The molecule has 2 N–H and O–H groups in total. The SMILES string of the molecule is CO[C@H]1CNCC1Nc1cc([N+](=O)[O-])ccc1C. The van der Waals surface area contributed by atoms with E-state index in [4.69, 9.17) is 4.74 Å². The molecule has 1 aromatic carbocycles. The fraction of sp³-hybridized carbons (Fsp3) is 0.500. The van der Waals surface area contributed by atoms with Crippen LogP contribution in [0.3, 0.4) is 0 Å². The topological polar surface area (TPSA) is 76.4 Å². The van der Waals surface area contributed by atoms with E-state index >= 15 is 0 Å². The molecule has 1 aliphatic heterocycles. The molecule has 1 heterocycles. The molecule has 0 bridgehead atoms. The molecule has 0 aromatic heterocycles. The largest absolute Gasteiger partial charge is 0.378 e. The Hall–Kier alpha value is -1.66. The van der Waals surface area contributed by atoms with Crippen molar-refractivity contribution in [2.45, 2.75) is 19.1 Å². The number of methoxy groups -OCH3 is 1. The van der Waals surface area contributed by atoms with Crippen molar-refractivity contribution in [2.75, 3.05) is 25.5 Å². The predicted molar refractivity (Wildman–Crippen MR) is 68.9 cm³/mol. The van der Waals surface area contributed by atoms with Crippen molar-refractivity contribution in [2.24, 2.45) is 0 Å². The fourth-order valence-corrected chi connectivity index (χ4v) is 2.13. The van der Waals surface area contributed by atoms with Crippen molar-refractivity contribution in [1.29, 1.82) is 0 Å². The average Bonchev–Trinajstić information content (AvgIpc) is 2.79. The molecule has 1 aliphatic rings. The van der Waals surface area contributed by atoms with Gasteiger partial charge in [0.25, 0.3) is 5.69 Å². The standard InChI is InChI=1S/C12H17N3O3/c1-8-3-4-9(15(16)17)5-10(8)14-11-6-13-7-12(11)18-2/h3-5,11-14H,6-7H2,1-2H3/t11?,12-/m0/s1. The van der Waals surface area contributed by atoms with Crippen LogP contribution in [0.4, 0.5) is 11.4 Å². The summed E-state index contributed by atoms with van der Waals surface area (Å²) in [7, 11) is 1.67. The summed E-state index contributed by atoms with van der Waals surface area (Å²) < 4.78 is 5.35. The maximum atomic E-state index is 10.8. The molecule has 0 aliphatic carbocycles. The zero-order valence-electron chi connectivity index (χ0n) is 10.5. The van der Waals surface area contributed by atoms with Crippen molar-refractivity contribution < 1.29 is 9.66 Å². The first kappa shape index (κ1) is 12.8. The lowest BCUT2D eigenvalue weighted by molar-refractivity contribution is -0.384. The van der Waals surface area contributed by atoms with E-state index < -0.39 is 0 Å². The van der Waals surface area contributed by atoms with Crippen molar-refractivity contribution in [3.8, 4) is 0 Å². The second-order valence-electron chi connectivity index (χ2n) is 4.44. The second-order valence-corrected chi connectivity index (χ2v) is 4.44. The van der Waals surface area contributed by atoms with Crippen molar-refractivity contribution in [3.05, 3.63) is 33.9 Å². The Morgan fingerprint density at radius 1 is 1.50 bits per heavy atom. The average molecular weight is 251 g/mol. The first-order valence-electron chi connectivity index (χ1n) is 5.87. The van der Waals surface area contributed by atoms with Crippen LogP contribution in [0.25, 0.3) is 0 Å². The highest BCUT2D eigenvalue weighted by molar-refractivity contribution is 5.57. The molecule has 18 heavy (non-hydrogen) atoms. The number of nitro benzene ring substituents is 1. The smallest absolute Gasteiger partial charge is 0.271 e. The Morgan fingerprint density at radius 2 is 2.28 bits per heavy atom. The van der Waals surface area contributed by atoms with Crippen LogP contribution >= 0.6 is 0 Å². The molecular weight excluding hydrogens is 234 g/mol. The molecule has 1 fully saturated rings. The van der Waals surface area contributed by atoms with Gasteiger partial charge in [0.15, 0.2) is 0 Å². The van der Waals surface area contributed by atoms with Crippen LogP contribution in [0.2, 0.25) is 0 Å². The summed E-state index contributed by atoms with van der Waals surface area (Å²) in [5, 5.41) is 17.3. The summed E-state index contributed by atoms with van der Waals surface area (Å²) in [6.45, 7) is 3.51. The van der Waals surface area contributed by atoms with Crippen LogP contribution in [-0.2, 0) is 4.74 Å². The van der Waals surface area contributed by atoms with Gasteiger partial charge in [0.1, 0.15) is 0 Å². The van der Waals surface area contributed by atoms with Gasteiger partial charge in [-0.15, -0.1) is 0 Å². The first-order valence-corrected chi connectivity index (χ1v) is 5.87. The monoisotopic (exact) mass is 251 g/mol. The van der Waals surface area contributed by atoms with Crippen LogP contribution in [0, 0.1) is 17.0 Å². The van der Waals surface area contributed by atoms with Crippen LogP contribution in [0.1, 0.15) is 5.56 Å². The lowest BCUT2D eigenvalue weighted by Gasteiger charge is -2.20. The number of rotatable bonds is 4. The Balaban J connectivity index is 2.17. The Bertz CT molecular complexity index is 450. The maximum absolute atomic E-state index is 10.8. The highest BCUT2D eigenvalue weighted by atomic mass is 16.6. The zero-order chi connectivity index (χ0) is 13.1. The van der Waals surface area contributed by atoms with Gasteiger partial charge in [0.2, 0.25) is 0 Å². The number of ether oxygens (including phenoxy) is 1. The van der Waals surface area contributed by atoms with E-state index in [0.717, 1.165) is 24.3 Å². The van der Waals surface area contributed by atoms with E-state index in [2.05, 4.69) is 10.6 Å². The van der Waals surface area contributed by atoms with Gasteiger partial charge < -0.3 is 15.4 Å². The third-order valence-corrected chi connectivity index (χ3v) is 3.23. The van der Waals surface area contributed by atoms with Crippen molar-refractivity contribution >= 4 is 11.4 Å². The molecule has 2 atom stereocenters. The van der Waals surface area contributed by atoms with E-state index in [1.54, 1.807) is 19.2 Å².